The minimum atomic E-state index is -0.128. The van der Waals surface area contributed by atoms with E-state index in [1.54, 1.807) is 0 Å². The first-order chi connectivity index (χ1) is 11.3. The average Bonchev–Trinajstić information content (AvgIpc) is 3.00. The monoisotopic (exact) mass is 326 g/mol. The minimum absolute atomic E-state index is 0.128. The zero-order chi connectivity index (χ0) is 16.1. The van der Waals surface area contributed by atoms with E-state index in [1.165, 1.54) is 11.3 Å². The summed E-state index contributed by atoms with van der Waals surface area (Å²) in [5, 5.41) is 17.8. The van der Waals surface area contributed by atoms with Crippen molar-refractivity contribution in [2.24, 2.45) is 0 Å². The number of benzene rings is 2. The number of aryl methyl sites for hydroxylation is 1. The minimum Gasteiger partial charge on any atom is -0.376 e. The molecule has 0 aliphatic rings. The van der Waals surface area contributed by atoms with Gasteiger partial charge in [0, 0.05) is 17.5 Å². The number of rotatable bonds is 6. The van der Waals surface area contributed by atoms with E-state index in [1.807, 2.05) is 30.3 Å². The summed E-state index contributed by atoms with van der Waals surface area (Å²) in [4.78, 5) is 12.1. The first kappa shape index (κ1) is 15.4. The summed E-state index contributed by atoms with van der Waals surface area (Å²) in [5.74, 6) is -0.128. The van der Waals surface area contributed by atoms with Crippen LogP contribution in [-0.2, 0) is 11.2 Å². The zero-order valence-electron chi connectivity index (χ0n) is 12.9. The van der Waals surface area contributed by atoms with Crippen molar-refractivity contribution in [2.45, 2.75) is 19.8 Å². The van der Waals surface area contributed by atoms with Gasteiger partial charge in [0.1, 0.15) is 5.01 Å². The number of fused-ring (bicyclic) bond motifs is 1. The topological polar surface area (TPSA) is 66.9 Å². The maximum Gasteiger partial charge on any atom is 0.245 e. The van der Waals surface area contributed by atoms with E-state index in [0.717, 1.165) is 34.3 Å². The van der Waals surface area contributed by atoms with Crippen molar-refractivity contribution in [3.8, 4) is 0 Å². The van der Waals surface area contributed by atoms with Crippen molar-refractivity contribution in [1.29, 1.82) is 0 Å². The molecule has 3 aromatic rings. The number of hydrogen-bond acceptors (Lipinski definition) is 5. The fourth-order valence-electron chi connectivity index (χ4n) is 2.34. The molecule has 118 valence electrons. The summed E-state index contributed by atoms with van der Waals surface area (Å²) in [6.45, 7) is 2.28. The third kappa shape index (κ3) is 3.84. The third-order valence-electron chi connectivity index (χ3n) is 3.41. The fourth-order valence-corrected chi connectivity index (χ4v) is 3.20. The van der Waals surface area contributed by atoms with Gasteiger partial charge < -0.3 is 5.32 Å². The fraction of sp³-hybridized carbons (Fsp3) is 0.235. The van der Waals surface area contributed by atoms with Gasteiger partial charge in [-0.25, -0.2) is 0 Å². The molecule has 0 radical (unpaired) electrons. The highest BCUT2D eigenvalue weighted by atomic mass is 32.1. The maximum atomic E-state index is 12.1. The molecule has 0 atom stereocenters. The van der Waals surface area contributed by atoms with E-state index in [2.05, 4.69) is 39.9 Å². The van der Waals surface area contributed by atoms with Gasteiger partial charge in [-0.3, -0.25) is 10.1 Å². The molecule has 1 amide bonds. The quantitative estimate of drug-likeness (QED) is 0.725. The second-order valence-electron chi connectivity index (χ2n) is 5.18. The Balaban J connectivity index is 1.61. The third-order valence-corrected chi connectivity index (χ3v) is 4.30. The first-order valence-corrected chi connectivity index (χ1v) is 8.42. The molecule has 6 heteroatoms. The first-order valence-electron chi connectivity index (χ1n) is 7.60. The molecule has 0 saturated carbocycles. The molecule has 0 aliphatic heterocycles. The van der Waals surface area contributed by atoms with Crippen LogP contribution in [0.4, 0.5) is 10.8 Å². The van der Waals surface area contributed by atoms with Gasteiger partial charge in [0.25, 0.3) is 0 Å². The van der Waals surface area contributed by atoms with Crippen molar-refractivity contribution < 1.29 is 4.79 Å². The summed E-state index contributed by atoms with van der Waals surface area (Å²) in [7, 11) is 0. The number of hydrogen-bond donors (Lipinski definition) is 2. The van der Waals surface area contributed by atoms with Crippen LogP contribution in [0, 0.1) is 0 Å². The normalized spacial score (nSPS) is 10.7. The lowest BCUT2D eigenvalue weighted by Crippen LogP contribution is -2.21. The molecule has 0 spiro atoms. The molecule has 0 saturated heterocycles. The van der Waals surface area contributed by atoms with Gasteiger partial charge in [-0.1, -0.05) is 54.7 Å². The van der Waals surface area contributed by atoms with Crippen molar-refractivity contribution >= 4 is 38.8 Å². The number of carbonyl (C=O) groups is 1. The van der Waals surface area contributed by atoms with E-state index in [9.17, 15) is 4.79 Å². The summed E-state index contributed by atoms with van der Waals surface area (Å²) in [5.41, 5.74) is 0.946. The van der Waals surface area contributed by atoms with Crippen LogP contribution in [0.5, 0.6) is 0 Å². The summed E-state index contributed by atoms with van der Waals surface area (Å²) < 4.78 is 0. The molecule has 3 rings (SSSR count). The Hall–Kier alpha value is -2.47. The molecule has 1 aromatic heterocycles. The second kappa shape index (κ2) is 7.19. The molecular formula is C17H18N4OS. The lowest BCUT2D eigenvalue weighted by Gasteiger charge is -2.09. The smallest absolute Gasteiger partial charge is 0.245 e. The van der Waals surface area contributed by atoms with Gasteiger partial charge in [-0.05, 0) is 17.9 Å². The summed E-state index contributed by atoms with van der Waals surface area (Å²) in [6, 6.07) is 14.1. The Kier molecular flexibility index (Phi) is 4.83. The highest BCUT2D eigenvalue weighted by Crippen LogP contribution is 2.22. The van der Waals surface area contributed by atoms with E-state index in [4.69, 9.17) is 0 Å². The van der Waals surface area contributed by atoms with Crippen LogP contribution in [0.15, 0.2) is 42.5 Å². The van der Waals surface area contributed by atoms with Crippen LogP contribution in [0.1, 0.15) is 18.4 Å². The highest BCUT2D eigenvalue weighted by Gasteiger charge is 2.08. The van der Waals surface area contributed by atoms with Crippen molar-refractivity contribution in [1.82, 2.24) is 10.2 Å². The predicted molar refractivity (Wildman–Crippen MR) is 95.0 cm³/mol. The number of nitrogens with zero attached hydrogens (tertiary/aromatic N) is 2. The molecule has 0 bridgehead atoms. The van der Waals surface area contributed by atoms with Gasteiger partial charge in [-0.15, -0.1) is 10.2 Å². The Bertz CT molecular complexity index is 810. The maximum absolute atomic E-state index is 12.1. The number of aromatic nitrogens is 2. The zero-order valence-corrected chi connectivity index (χ0v) is 13.7. The van der Waals surface area contributed by atoms with Gasteiger partial charge in [-0.2, -0.15) is 0 Å². The Morgan fingerprint density at radius 3 is 2.83 bits per heavy atom. The van der Waals surface area contributed by atoms with Crippen molar-refractivity contribution in [2.75, 3.05) is 17.2 Å². The summed E-state index contributed by atoms with van der Waals surface area (Å²) >= 11 is 1.43. The SMILES string of the molecule is CCCc1nnc(NC(=O)CNc2cccc3ccccc23)s1. The predicted octanol–water partition coefficient (Wildman–Crippen LogP) is 3.69. The lowest BCUT2D eigenvalue weighted by molar-refractivity contribution is -0.114. The van der Waals surface area contributed by atoms with Crippen molar-refractivity contribution in [3.63, 3.8) is 0 Å². The molecule has 2 N–H and O–H groups in total. The van der Waals surface area contributed by atoms with Gasteiger partial charge in [0.05, 0.1) is 6.54 Å². The van der Waals surface area contributed by atoms with Crippen LogP contribution >= 0.6 is 11.3 Å². The molecule has 2 aromatic carbocycles. The molecule has 5 nitrogen and oxygen atoms in total. The Labute approximate surface area is 138 Å². The lowest BCUT2D eigenvalue weighted by atomic mass is 10.1. The molecule has 0 unspecified atom stereocenters. The van der Waals surface area contributed by atoms with Crippen LogP contribution in [0.2, 0.25) is 0 Å². The van der Waals surface area contributed by atoms with Crippen LogP contribution < -0.4 is 10.6 Å². The number of amides is 1. The van der Waals surface area contributed by atoms with Crippen LogP contribution in [-0.4, -0.2) is 22.6 Å². The van der Waals surface area contributed by atoms with Gasteiger partial charge in [0.15, 0.2) is 0 Å². The van der Waals surface area contributed by atoms with E-state index in [-0.39, 0.29) is 12.5 Å². The number of anilines is 2. The average molecular weight is 326 g/mol. The van der Waals surface area contributed by atoms with Crippen molar-refractivity contribution in [3.05, 3.63) is 47.5 Å². The Morgan fingerprint density at radius 1 is 1.13 bits per heavy atom. The van der Waals surface area contributed by atoms with Crippen LogP contribution in [0.3, 0.4) is 0 Å². The standard InChI is InChI=1S/C17H18N4OS/c1-2-6-16-20-21-17(23-16)19-15(22)11-18-14-10-5-8-12-7-3-4-9-13(12)14/h3-5,7-10,18H,2,6,11H2,1H3,(H,19,21,22). The van der Waals surface area contributed by atoms with Gasteiger partial charge >= 0.3 is 0 Å². The molecular weight excluding hydrogens is 308 g/mol. The number of nitrogens with one attached hydrogen (secondary N) is 2. The van der Waals surface area contributed by atoms with Gasteiger partial charge in [0.2, 0.25) is 11.0 Å². The summed E-state index contributed by atoms with van der Waals surface area (Å²) in [6.07, 6.45) is 1.91. The molecule has 0 aliphatic carbocycles. The largest absolute Gasteiger partial charge is 0.376 e. The molecule has 23 heavy (non-hydrogen) atoms. The second-order valence-corrected chi connectivity index (χ2v) is 6.24. The molecule has 1 heterocycles. The van der Waals surface area contributed by atoms with E-state index < -0.39 is 0 Å². The van der Waals surface area contributed by atoms with Crippen LogP contribution in [0.25, 0.3) is 10.8 Å². The highest BCUT2D eigenvalue weighted by molar-refractivity contribution is 7.15. The number of carbonyl (C=O) groups excluding carboxylic acids is 1. The van der Waals surface area contributed by atoms with E-state index >= 15 is 0 Å². The Morgan fingerprint density at radius 2 is 1.96 bits per heavy atom. The molecule has 0 fully saturated rings. The van der Waals surface area contributed by atoms with E-state index in [0.29, 0.717) is 5.13 Å².